The minimum absolute atomic E-state index is 0. The molecule has 36 heavy (non-hydrogen) atoms. The first-order chi connectivity index (χ1) is 16.8. The quantitative estimate of drug-likeness (QED) is 0.251. The Morgan fingerprint density at radius 1 is 1.06 bits per heavy atom. The van der Waals surface area contributed by atoms with Gasteiger partial charge in [-0.25, -0.2) is 0 Å². The van der Waals surface area contributed by atoms with Gasteiger partial charge < -0.3 is 4.90 Å². The van der Waals surface area contributed by atoms with Gasteiger partial charge in [-0.1, -0.05) is 72.7 Å². The molecule has 0 radical (unpaired) electrons. The zero-order valence-corrected chi connectivity index (χ0v) is 24.6. The van der Waals surface area contributed by atoms with Gasteiger partial charge >= 0.3 is 0 Å². The first kappa shape index (κ1) is 30.4. The lowest BCUT2D eigenvalue weighted by Gasteiger charge is -2.34. The smallest absolute Gasteiger partial charge is 0.297 e. The Morgan fingerprint density at radius 3 is 2.31 bits per heavy atom. The van der Waals surface area contributed by atoms with E-state index < -0.39 is 16.2 Å². The Hall–Kier alpha value is -1.81. The lowest BCUT2D eigenvalue weighted by molar-refractivity contribution is -0.113. The van der Waals surface area contributed by atoms with Crippen molar-refractivity contribution in [2.45, 2.75) is 69.4 Å². The summed E-state index contributed by atoms with van der Waals surface area (Å²) in [6.45, 7) is 4.58. The van der Waals surface area contributed by atoms with Gasteiger partial charge in [0.2, 0.25) is 0 Å². The fraction of sp³-hybridized carbons (Fsp3) is 0.414. The van der Waals surface area contributed by atoms with Crippen molar-refractivity contribution in [1.82, 2.24) is 4.90 Å². The number of benzene rings is 2. The number of carbonyl (C=O) groups is 1. The van der Waals surface area contributed by atoms with Crippen LogP contribution < -0.4 is 0 Å². The average molecular weight is 624 g/mol. The minimum atomic E-state index is -3.81. The second-order valence-electron chi connectivity index (χ2n) is 9.32. The third-order valence-corrected chi connectivity index (χ3v) is 7.87. The Balaban J connectivity index is 0.000000386. The number of hydrogen-bond acceptors (Lipinski definition) is 5. The molecule has 1 fully saturated rings. The van der Waals surface area contributed by atoms with E-state index >= 15 is 0 Å². The summed E-state index contributed by atoms with van der Waals surface area (Å²) in [5.41, 5.74) is 2.79. The van der Waals surface area contributed by atoms with E-state index in [2.05, 4.69) is 11.9 Å². The Labute approximate surface area is 233 Å². The van der Waals surface area contributed by atoms with Gasteiger partial charge in [-0.3, -0.25) is 8.98 Å². The number of ketones is 1. The molecule has 0 saturated carbocycles. The highest BCUT2D eigenvalue weighted by atomic mass is 127. The predicted molar refractivity (Wildman–Crippen MR) is 156 cm³/mol. The van der Waals surface area contributed by atoms with Crippen molar-refractivity contribution in [2.75, 3.05) is 13.6 Å². The molecule has 2 atom stereocenters. The summed E-state index contributed by atoms with van der Waals surface area (Å²) in [4.78, 5) is 13.2. The molecular formula is C29H38INO4S. The second kappa shape index (κ2) is 14.8. The molecule has 0 bridgehead atoms. The molecule has 4 rings (SSSR count). The van der Waals surface area contributed by atoms with E-state index in [0.29, 0.717) is 12.5 Å². The maximum absolute atomic E-state index is 12.8. The summed E-state index contributed by atoms with van der Waals surface area (Å²) < 4.78 is 31.4. The molecule has 7 heteroatoms. The number of rotatable bonds is 7. The summed E-state index contributed by atoms with van der Waals surface area (Å²) in [6.07, 6.45) is 11.7. The number of nitrogens with zero attached hydrogens (tertiary/aromatic N) is 1. The number of allylic oxidation sites excluding steroid dienone is 4. The molecule has 0 amide bonds. The van der Waals surface area contributed by atoms with E-state index in [0.717, 1.165) is 42.5 Å². The summed E-state index contributed by atoms with van der Waals surface area (Å²) in [7, 11) is -1.70. The first-order valence-electron chi connectivity index (χ1n) is 12.4. The molecule has 2 aromatic rings. The minimum Gasteiger partial charge on any atom is -0.303 e. The van der Waals surface area contributed by atoms with Crippen LogP contribution in [0.1, 0.15) is 62.7 Å². The van der Waals surface area contributed by atoms with E-state index in [-0.39, 0.29) is 34.7 Å². The third-order valence-electron chi connectivity index (χ3n) is 6.53. The maximum atomic E-state index is 12.8. The standard InChI is InChI=1S/C21H27NO3S.C8H10O.HI/c1-17-11-13-20(14-12-17)26(23,24)25-21(18-8-4-3-5-9-18)16-19-10-6-7-15-22(19)2;1-7(9)8-5-3-2-4-6-8;/h3-5,8-9,11-14,19,21H,6-7,10,15-16H2,1-2H3;3,5-6H,2,4H2,1H3;1H/t19-,21-;;/m0../s1. The van der Waals surface area contributed by atoms with Crippen LogP contribution in [-0.2, 0) is 19.1 Å². The molecule has 0 aromatic heterocycles. The highest BCUT2D eigenvalue weighted by Gasteiger charge is 2.28. The maximum Gasteiger partial charge on any atom is 0.297 e. The van der Waals surface area contributed by atoms with Crippen LogP contribution in [0, 0.1) is 6.92 Å². The van der Waals surface area contributed by atoms with Crippen LogP contribution in [-0.4, -0.2) is 38.7 Å². The summed E-state index contributed by atoms with van der Waals surface area (Å²) in [5, 5.41) is 0. The van der Waals surface area contributed by atoms with Crippen molar-refractivity contribution < 1.29 is 17.4 Å². The zero-order chi connectivity index (χ0) is 25.3. The van der Waals surface area contributed by atoms with Crippen LogP contribution in [0.25, 0.3) is 0 Å². The molecule has 5 nitrogen and oxygen atoms in total. The molecule has 0 N–H and O–H groups in total. The number of carbonyl (C=O) groups excluding carboxylic acids is 1. The van der Waals surface area contributed by atoms with Crippen LogP contribution in [0.3, 0.4) is 0 Å². The van der Waals surface area contributed by atoms with Gasteiger partial charge in [0.15, 0.2) is 5.78 Å². The highest BCUT2D eigenvalue weighted by Crippen LogP contribution is 2.31. The first-order valence-corrected chi connectivity index (χ1v) is 13.8. The zero-order valence-electron chi connectivity index (χ0n) is 21.4. The highest BCUT2D eigenvalue weighted by molar-refractivity contribution is 14.0. The van der Waals surface area contributed by atoms with Crippen molar-refractivity contribution in [3.8, 4) is 0 Å². The number of piperidine rings is 1. The normalized spacial score (nSPS) is 18.8. The SMILES string of the molecule is CC(=O)C1=CCCC=C1.Cc1ccc(S(=O)(=O)O[C@@H](C[C@@H]2CCCCN2C)c2ccccc2)cc1.I. The van der Waals surface area contributed by atoms with Gasteiger partial charge in [-0.05, 0) is 77.2 Å². The molecular weight excluding hydrogens is 585 g/mol. The van der Waals surface area contributed by atoms with E-state index in [4.69, 9.17) is 4.18 Å². The molecule has 196 valence electrons. The predicted octanol–water partition coefficient (Wildman–Crippen LogP) is 6.79. The lowest BCUT2D eigenvalue weighted by Crippen LogP contribution is -2.37. The van der Waals surface area contributed by atoms with Gasteiger partial charge in [0, 0.05) is 11.6 Å². The number of likely N-dealkylation sites (tertiary alicyclic amines) is 1. The fourth-order valence-corrected chi connectivity index (χ4v) is 5.45. The third kappa shape index (κ3) is 9.25. The molecule has 1 saturated heterocycles. The van der Waals surface area contributed by atoms with Crippen LogP contribution in [0.4, 0.5) is 0 Å². The van der Waals surface area contributed by atoms with Crippen molar-refractivity contribution in [1.29, 1.82) is 0 Å². The van der Waals surface area contributed by atoms with Gasteiger partial charge in [0.25, 0.3) is 10.1 Å². The molecule has 0 spiro atoms. The number of hydrogen-bond donors (Lipinski definition) is 0. The Bertz CT molecular complexity index is 1130. The lowest BCUT2D eigenvalue weighted by atomic mass is 9.94. The number of Topliss-reactive ketones (excluding diaryl/α,β-unsaturated/α-hetero) is 1. The largest absolute Gasteiger partial charge is 0.303 e. The Kier molecular flexibility index (Phi) is 12.5. The van der Waals surface area contributed by atoms with Crippen LogP contribution >= 0.6 is 24.0 Å². The summed E-state index contributed by atoms with van der Waals surface area (Å²) in [6, 6.07) is 16.8. The molecule has 1 heterocycles. The monoisotopic (exact) mass is 623 g/mol. The van der Waals surface area contributed by atoms with Gasteiger partial charge in [-0.15, -0.1) is 24.0 Å². The van der Waals surface area contributed by atoms with Crippen molar-refractivity contribution >= 4 is 39.9 Å². The van der Waals surface area contributed by atoms with E-state index in [9.17, 15) is 13.2 Å². The molecule has 1 aliphatic carbocycles. The van der Waals surface area contributed by atoms with E-state index in [1.165, 1.54) is 12.8 Å². The molecule has 0 unspecified atom stereocenters. The molecule has 2 aliphatic rings. The summed E-state index contributed by atoms with van der Waals surface area (Å²) >= 11 is 0. The topological polar surface area (TPSA) is 63.7 Å². The van der Waals surface area contributed by atoms with Gasteiger partial charge in [0.05, 0.1) is 4.90 Å². The number of halogens is 1. The Morgan fingerprint density at radius 2 is 1.75 bits per heavy atom. The van der Waals surface area contributed by atoms with Crippen molar-refractivity contribution in [3.63, 3.8) is 0 Å². The van der Waals surface area contributed by atoms with Gasteiger partial charge in [0.1, 0.15) is 6.10 Å². The van der Waals surface area contributed by atoms with Crippen molar-refractivity contribution in [3.05, 3.63) is 89.5 Å². The molecule has 1 aliphatic heterocycles. The van der Waals surface area contributed by atoms with E-state index in [1.54, 1.807) is 31.2 Å². The van der Waals surface area contributed by atoms with Crippen LogP contribution in [0.2, 0.25) is 0 Å². The average Bonchev–Trinajstić information content (AvgIpc) is 2.86. The van der Waals surface area contributed by atoms with Gasteiger partial charge in [-0.2, -0.15) is 8.42 Å². The summed E-state index contributed by atoms with van der Waals surface area (Å²) in [5.74, 6) is 0.172. The van der Waals surface area contributed by atoms with Crippen molar-refractivity contribution in [2.24, 2.45) is 0 Å². The van der Waals surface area contributed by atoms with Crippen LogP contribution in [0.5, 0.6) is 0 Å². The molecule has 2 aromatic carbocycles. The van der Waals surface area contributed by atoms with E-state index in [1.807, 2.05) is 55.5 Å². The number of aryl methyl sites for hydroxylation is 1. The van der Waals surface area contributed by atoms with Crippen LogP contribution in [0.15, 0.2) is 83.3 Å². The second-order valence-corrected chi connectivity index (χ2v) is 10.9. The fourth-order valence-electron chi connectivity index (χ4n) is 4.38.